The molecule has 0 amide bonds. The van der Waals surface area contributed by atoms with Crippen molar-refractivity contribution >= 4 is 5.97 Å². The molecule has 18 heavy (non-hydrogen) atoms. The van der Waals surface area contributed by atoms with Gasteiger partial charge in [0.05, 0.1) is 0 Å². The summed E-state index contributed by atoms with van der Waals surface area (Å²) in [7, 11) is 0. The van der Waals surface area contributed by atoms with Gasteiger partial charge in [0, 0.05) is 12.5 Å². The van der Waals surface area contributed by atoms with Crippen LogP contribution in [-0.4, -0.2) is 11.1 Å². The van der Waals surface area contributed by atoms with Crippen molar-refractivity contribution in [3.63, 3.8) is 0 Å². The second kappa shape index (κ2) is 7.88. The van der Waals surface area contributed by atoms with E-state index in [9.17, 15) is 4.79 Å². The number of unbranched alkanes of at least 4 members (excludes halogenated alkanes) is 1. The van der Waals surface area contributed by atoms with Crippen LogP contribution in [-0.2, 0) is 11.2 Å². The van der Waals surface area contributed by atoms with E-state index in [1.165, 1.54) is 18.4 Å². The molecule has 0 saturated heterocycles. The molecular weight excluding hydrogens is 226 g/mol. The van der Waals surface area contributed by atoms with E-state index < -0.39 is 5.97 Å². The van der Waals surface area contributed by atoms with Crippen molar-refractivity contribution < 1.29 is 9.90 Å². The van der Waals surface area contributed by atoms with E-state index >= 15 is 0 Å². The lowest BCUT2D eigenvalue weighted by Crippen LogP contribution is -2.11. The minimum atomic E-state index is -0.753. The summed E-state index contributed by atoms with van der Waals surface area (Å²) in [5.41, 5.74) is 8.48. The summed E-state index contributed by atoms with van der Waals surface area (Å²) in [6, 6.07) is 8.33. The first-order chi connectivity index (χ1) is 8.63. The average molecular weight is 249 g/mol. The lowest BCUT2D eigenvalue weighted by molar-refractivity contribution is -0.137. The number of aryl methyl sites for hydroxylation is 1. The Balaban J connectivity index is 2.43. The number of benzene rings is 1. The van der Waals surface area contributed by atoms with E-state index in [-0.39, 0.29) is 12.5 Å². The van der Waals surface area contributed by atoms with E-state index in [4.69, 9.17) is 10.8 Å². The molecule has 0 bridgehead atoms. The molecule has 0 aliphatic rings. The number of hydrogen-bond donors (Lipinski definition) is 2. The van der Waals surface area contributed by atoms with Gasteiger partial charge in [0.15, 0.2) is 0 Å². The maximum absolute atomic E-state index is 10.4. The largest absolute Gasteiger partial charge is 0.481 e. The van der Waals surface area contributed by atoms with Gasteiger partial charge in [0.1, 0.15) is 0 Å². The van der Waals surface area contributed by atoms with Crippen LogP contribution in [0.4, 0.5) is 0 Å². The number of carboxylic acids is 1. The van der Waals surface area contributed by atoms with Crippen LogP contribution in [0.1, 0.15) is 56.2 Å². The number of carboxylic acid groups (broad SMARTS) is 1. The van der Waals surface area contributed by atoms with Gasteiger partial charge < -0.3 is 10.8 Å². The van der Waals surface area contributed by atoms with Crippen molar-refractivity contribution in [1.29, 1.82) is 0 Å². The summed E-state index contributed by atoms with van der Waals surface area (Å²) < 4.78 is 0. The molecule has 0 aromatic heterocycles. The Morgan fingerprint density at radius 3 is 2.50 bits per heavy atom. The van der Waals surface area contributed by atoms with Gasteiger partial charge in [0.2, 0.25) is 0 Å². The van der Waals surface area contributed by atoms with Gasteiger partial charge in [-0.1, -0.05) is 37.6 Å². The zero-order valence-corrected chi connectivity index (χ0v) is 11.1. The molecule has 1 rings (SSSR count). The summed E-state index contributed by atoms with van der Waals surface area (Å²) >= 11 is 0. The summed E-state index contributed by atoms with van der Waals surface area (Å²) in [6.07, 6.45) is 5.09. The molecule has 0 fully saturated rings. The van der Waals surface area contributed by atoms with Crippen LogP contribution in [0, 0.1) is 0 Å². The summed E-state index contributed by atoms with van der Waals surface area (Å²) in [5, 5.41) is 8.57. The van der Waals surface area contributed by atoms with Crippen molar-refractivity contribution in [2.75, 3.05) is 0 Å². The average Bonchev–Trinajstić information content (AvgIpc) is 2.36. The van der Waals surface area contributed by atoms with E-state index in [1.807, 2.05) is 0 Å². The fourth-order valence-corrected chi connectivity index (χ4v) is 1.95. The highest BCUT2D eigenvalue weighted by Gasteiger charge is 2.07. The molecule has 1 aromatic carbocycles. The Kier molecular flexibility index (Phi) is 6.44. The molecule has 3 heteroatoms. The molecule has 0 radical (unpaired) electrons. The van der Waals surface area contributed by atoms with Gasteiger partial charge in [-0.25, -0.2) is 0 Å². The van der Waals surface area contributed by atoms with Crippen LogP contribution >= 0.6 is 0 Å². The monoisotopic (exact) mass is 249 g/mol. The number of aliphatic carboxylic acids is 1. The van der Waals surface area contributed by atoms with E-state index in [0.717, 1.165) is 18.4 Å². The van der Waals surface area contributed by atoms with Crippen LogP contribution in [0.5, 0.6) is 0 Å². The highest BCUT2D eigenvalue weighted by atomic mass is 16.4. The second-order valence-electron chi connectivity index (χ2n) is 4.74. The van der Waals surface area contributed by atoms with Crippen LogP contribution in [0.3, 0.4) is 0 Å². The maximum Gasteiger partial charge on any atom is 0.303 e. The highest BCUT2D eigenvalue weighted by molar-refractivity contribution is 5.66. The summed E-state index contributed by atoms with van der Waals surface area (Å²) in [6.45, 7) is 2.19. The lowest BCUT2D eigenvalue weighted by atomic mass is 9.99. The predicted octanol–water partition coefficient (Wildman–Crippen LogP) is 3.28. The van der Waals surface area contributed by atoms with Crippen LogP contribution in [0.2, 0.25) is 0 Å². The summed E-state index contributed by atoms with van der Waals surface area (Å²) in [5.74, 6) is -0.753. The lowest BCUT2D eigenvalue weighted by Gasteiger charge is -2.12. The molecule has 3 nitrogen and oxygen atoms in total. The van der Waals surface area contributed by atoms with E-state index in [0.29, 0.717) is 6.42 Å². The first-order valence-electron chi connectivity index (χ1n) is 6.69. The molecule has 0 saturated carbocycles. The normalized spacial score (nSPS) is 12.3. The number of hydrogen-bond acceptors (Lipinski definition) is 2. The highest BCUT2D eigenvalue weighted by Crippen LogP contribution is 2.18. The fraction of sp³-hybridized carbons (Fsp3) is 0.533. The van der Waals surface area contributed by atoms with Crippen molar-refractivity contribution in [3.05, 3.63) is 35.4 Å². The van der Waals surface area contributed by atoms with Gasteiger partial charge in [-0.15, -0.1) is 0 Å². The standard InChI is InChI=1S/C15H23NO2/c1-2-3-5-12-8-10-13(11-9-12)14(16)6-4-7-15(17)18/h8-11,14H,2-7,16H2,1H3,(H,17,18). The van der Waals surface area contributed by atoms with Gasteiger partial charge in [-0.2, -0.15) is 0 Å². The number of rotatable bonds is 8. The Morgan fingerprint density at radius 1 is 1.28 bits per heavy atom. The minimum absolute atomic E-state index is 0.0513. The summed E-state index contributed by atoms with van der Waals surface area (Å²) in [4.78, 5) is 10.4. The van der Waals surface area contributed by atoms with Crippen LogP contribution in [0.25, 0.3) is 0 Å². The fourth-order valence-electron chi connectivity index (χ4n) is 1.95. The van der Waals surface area contributed by atoms with Gasteiger partial charge in [-0.3, -0.25) is 4.79 Å². The Morgan fingerprint density at radius 2 is 1.94 bits per heavy atom. The predicted molar refractivity (Wildman–Crippen MR) is 73.5 cm³/mol. The molecule has 0 aliphatic heterocycles. The quantitative estimate of drug-likeness (QED) is 0.743. The first-order valence-corrected chi connectivity index (χ1v) is 6.69. The molecular formula is C15H23NO2. The Bertz CT molecular complexity index is 359. The van der Waals surface area contributed by atoms with Crippen molar-refractivity contribution in [1.82, 2.24) is 0 Å². The van der Waals surface area contributed by atoms with Crippen molar-refractivity contribution in [2.24, 2.45) is 5.73 Å². The maximum atomic E-state index is 10.4. The van der Waals surface area contributed by atoms with Gasteiger partial charge in [-0.05, 0) is 36.8 Å². The van der Waals surface area contributed by atoms with Gasteiger partial charge in [0.25, 0.3) is 0 Å². The van der Waals surface area contributed by atoms with Gasteiger partial charge >= 0.3 is 5.97 Å². The van der Waals surface area contributed by atoms with E-state index in [2.05, 4.69) is 31.2 Å². The first kappa shape index (κ1) is 14.7. The SMILES string of the molecule is CCCCc1ccc(C(N)CCCC(=O)O)cc1. The van der Waals surface area contributed by atoms with Crippen molar-refractivity contribution in [3.8, 4) is 0 Å². The third-order valence-corrected chi connectivity index (χ3v) is 3.13. The number of nitrogens with two attached hydrogens (primary N) is 1. The van der Waals surface area contributed by atoms with Crippen LogP contribution in [0.15, 0.2) is 24.3 Å². The second-order valence-corrected chi connectivity index (χ2v) is 4.74. The molecule has 0 spiro atoms. The molecule has 1 aromatic rings. The topological polar surface area (TPSA) is 63.3 Å². The minimum Gasteiger partial charge on any atom is -0.481 e. The molecule has 1 atom stereocenters. The number of carbonyl (C=O) groups is 1. The van der Waals surface area contributed by atoms with E-state index in [1.54, 1.807) is 0 Å². The third kappa shape index (κ3) is 5.32. The Hall–Kier alpha value is -1.35. The third-order valence-electron chi connectivity index (χ3n) is 3.13. The molecule has 3 N–H and O–H groups in total. The zero-order chi connectivity index (χ0) is 13.4. The molecule has 0 aliphatic carbocycles. The molecule has 100 valence electrons. The van der Waals surface area contributed by atoms with Crippen LogP contribution < -0.4 is 5.73 Å². The smallest absolute Gasteiger partial charge is 0.303 e. The Labute approximate surface area is 109 Å². The molecule has 0 heterocycles. The van der Waals surface area contributed by atoms with Crippen molar-refractivity contribution in [2.45, 2.75) is 51.5 Å². The molecule has 1 unspecified atom stereocenters. The zero-order valence-electron chi connectivity index (χ0n) is 11.1.